The molecule has 0 spiro atoms. The lowest BCUT2D eigenvalue weighted by Crippen LogP contribution is -2.37. The quantitative estimate of drug-likeness (QED) is 0.914. The number of nitrogens with zero attached hydrogens (tertiary/aromatic N) is 2. The van der Waals surface area contributed by atoms with Crippen molar-refractivity contribution in [1.82, 2.24) is 9.88 Å². The van der Waals surface area contributed by atoms with Crippen LogP contribution in [0.5, 0.6) is 5.75 Å². The van der Waals surface area contributed by atoms with Crippen LogP contribution in [0.3, 0.4) is 0 Å². The Morgan fingerprint density at radius 1 is 1.29 bits per heavy atom. The predicted molar refractivity (Wildman–Crippen MR) is 86.6 cm³/mol. The average Bonchev–Trinajstić information content (AvgIpc) is 3.16. The van der Waals surface area contributed by atoms with E-state index in [1.807, 2.05) is 24.2 Å². The molecule has 1 aliphatic heterocycles. The number of aryl methyl sites for hydroxylation is 1. The van der Waals surface area contributed by atoms with E-state index in [1.54, 1.807) is 28.8 Å². The van der Waals surface area contributed by atoms with Gasteiger partial charge in [0.1, 0.15) is 11.4 Å². The minimum absolute atomic E-state index is 0.0352. The largest absolute Gasteiger partial charge is 0.433 e. The fourth-order valence-corrected chi connectivity index (χ4v) is 2.97. The molecule has 7 heteroatoms. The molecule has 1 atom stereocenters. The molecule has 0 aliphatic carbocycles. The number of carbonyl (C=O) groups excluding carboxylic acids is 1. The van der Waals surface area contributed by atoms with Crippen molar-refractivity contribution in [3.63, 3.8) is 0 Å². The Morgan fingerprint density at radius 2 is 2.08 bits per heavy atom. The number of halogens is 2. The topological polar surface area (TPSA) is 46.5 Å². The van der Waals surface area contributed by atoms with Gasteiger partial charge in [-0.05, 0) is 30.7 Å². The zero-order chi connectivity index (χ0) is 17.1. The van der Waals surface area contributed by atoms with Gasteiger partial charge in [-0.2, -0.15) is 8.78 Å². The molecule has 1 saturated heterocycles. The molecule has 2 aromatic rings. The third-order valence-corrected chi connectivity index (χ3v) is 4.12. The van der Waals surface area contributed by atoms with Crippen molar-refractivity contribution in [3.8, 4) is 5.75 Å². The SMILES string of the molecule is Cn1cccc1C(=O)N[C@@H]1CCN(c2ccccc2OC(F)F)C1. The summed E-state index contributed by atoms with van der Waals surface area (Å²) in [7, 11) is 1.81. The lowest BCUT2D eigenvalue weighted by atomic mass is 10.2. The number of aromatic nitrogens is 1. The van der Waals surface area contributed by atoms with Crippen LogP contribution in [-0.2, 0) is 7.05 Å². The molecule has 0 unspecified atom stereocenters. The summed E-state index contributed by atoms with van der Waals surface area (Å²) in [5, 5.41) is 2.99. The molecule has 128 valence electrons. The van der Waals surface area contributed by atoms with Crippen LogP contribution in [-0.4, -0.2) is 36.2 Å². The summed E-state index contributed by atoms with van der Waals surface area (Å²) in [4.78, 5) is 14.2. The lowest BCUT2D eigenvalue weighted by Gasteiger charge is -2.22. The highest BCUT2D eigenvalue weighted by Crippen LogP contribution is 2.31. The van der Waals surface area contributed by atoms with Gasteiger partial charge in [-0.3, -0.25) is 4.79 Å². The maximum Gasteiger partial charge on any atom is 0.387 e. The van der Waals surface area contributed by atoms with E-state index in [-0.39, 0.29) is 17.7 Å². The van der Waals surface area contributed by atoms with E-state index >= 15 is 0 Å². The Bertz CT molecular complexity index is 717. The van der Waals surface area contributed by atoms with Crippen molar-refractivity contribution in [2.45, 2.75) is 19.1 Å². The smallest absolute Gasteiger partial charge is 0.387 e. The molecule has 1 fully saturated rings. The molecule has 5 nitrogen and oxygen atoms in total. The van der Waals surface area contributed by atoms with Crippen molar-refractivity contribution >= 4 is 11.6 Å². The van der Waals surface area contributed by atoms with Crippen LogP contribution in [0.25, 0.3) is 0 Å². The van der Waals surface area contributed by atoms with Crippen LogP contribution in [0, 0.1) is 0 Å². The first-order chi connectivity index (χ1) is 11.5. The Kier molecular flexibility index (Phi) is 4.69. The Labute approximate surface area is 138 Å². The highest BCUT2D eigenvalue weighted by Gasteiger charge is 2.27. The number of carbonyl (C=O) groups is 1. The average molecular weight is 335 g/mol. The number of amides is 1. The molecular formula is C17H19F2N3O2. The van der Waals surface area contributed by atoms with Gasteiger partial charge >= 0.3 is 6.61 Å². The van der Waals surface area contributed by atoms with Crippen LogP contribution < -0.4 is 15.0 Å². The molecule has 1 aliphatic rings. The summed E-state index contributed by atoms with van der Waals surface area (Å²) in [6.07, 6.45) is 2.56. The Balaban J connectivity index is 1.66. The molecule has 2 heterocycles. The van der Waals surface area contributed by atoms with E-state index in [4.69, 9.17) is 0 Å². The Morgan fingerprint density at radius 3 is 2.79 bits per heavy atom. The van der Waals surface area contributed by atoms with Crippen LogP contribution in [0.2, 0.25) is 0 Å². The van der Waals surface area contributed by atoms with Gasteiger partial charge in [0, 0.05) is 32.4 Å². The van der Waals surface area contributed by atoms with Crippen molar-refractivity contribution in [2.75, 3.05) is 18.0 Å². The van der Waals surface area contributed by atoms with Crippen LogP contribution >= 0.6 is 0 Å². The summed E-state index contributed by atoms with van der Waals surface area (Å²) < 4.78 is 31.4. The van der Waals surface area contributed by atoms with Crippen LogP contribution in [0.1, 0.15) is 16.9 Å². The molecule has 0 saturated carbocycles. The molecule has 3 rings (SSSR count). The van der Waals surface area contributed by atoms with Gasteiger partial charge in [-0.25, -0.2) is 0 Å². The fourth-order valence-electron chi connectivity index (χ4n) is 2.97. The third-order valence-electron chi connectivity index (χ3n) is 4.12. The van der Waals surface area contributed by atoms with E-state index < -0.39 is 6.61 Å². The van der Waals surface area contributed by atoms with Gasteiger partial charge in [-0.15, -0.1) is 0 Å². The number of alkyl halides is 2. The molecule has 0 bridgehead atoms. The molecule has 1 amide bonds. The van der Waals surface area contributed by atoms with Crippen LogP contribution in [0.15, 0.2) is 42.6 Å². The lowest BCUT2D eigenvalue weighted by molar-refractivity contribution is -0.0495. The predicted octanol–water partition coefficient (Wildman–Crippen LogP) is 2.64. The van der Waals surface area contributed by atoms with Gasteiger partial charge < -0.3 is 19.5 Å². The number of ether oxygens (including phenoxy) is 1. The summed E-state index contributed by atoms with van der Waals surface area (Å²) in [6.45, 7) is -1.64. The minimum Gasteiger partial charge on any atom is -0.433 e. The van der Waals surface area contributed by atoms with Crippen LogP contribution in [0.4, 0.5) is 14.5 Å². The zero-order valence-corrected chi connectivity index (χ0v) is 13.3. The van der Waals surface area contributed by atoms with Gasteiger partial charge in [0.25, 0.3) is 5.91 Å². The number of hydrogen-bond acceptors (Lipinski definition) is 3. The molecule has 1 N–H and O–H groups in total. The maximum absolute atomic E-state index is 12.5. The molecule has 24 heavy (non-hydrogen) atoms. The molecule has 1 aromatic heterocycles. The highest BCUT2D eigenvalue weighted by atomic mass is 19.3. The number of rotatable bonds is 5. The zero-order valence-electron chi connectivity index (χ0n) is 13.3. The number of para-hydroxylation sites is 2. The standard InChI is InChI=1S/C17H19F2N3O2/c1-21-9-4-6-14(21)16(23)20-12-8-10-22(11-12)13-5-2-3-7-15(13)24-17(18)19/h2-7,9,12,17H,8,10-11H2,1H3,(H,20,23)/t12-/m1/s1. The van der Waals surface area contributed by atoms with Gasteiger partial charge in [-0.1, -0.05) is 12.1 Å². The van der Waals surface area contributed by atoms with E-state index in [0.29, 0.717) is 24.5 Å². The third kappa shape index (κ3) is 3.50. The van der Waals surface area contributed by atoms with Crippen molar-refractivity contribution in [2.24, 2.45) is 7.05 Å². The fraction of sp³-hybridized carbons (Fsp3) is 0.353. The summed E-state index contributed by atoms with van der Waals surface area (Å²) in [5.41, 5.74) is 1.21. The van der Waals surface area contributed by atoms with Gasteiger partial charge in [0.05, 0.1) is 5.69 Å². The molecule has 0 radical (unpaired) electrons. The second-order valence-electron chi connectivity index (χ2n) is 5.76. The van der Waals surface area contributed by atoms with Crippen molar-refractivity contribution in [1.29, 1.82) is 0 Å². The molecule has 1 aromatic carbocycles. The number of benzene rings is 1. The second-order valence-corrected chi connectivity index (χ2v) is 5.76. The number of anilines is 1. The Hall–Kier alpha value is -2.57. The number of nitrogens with one attached hydrogen (secondary N) is 1. The first-order valence-electron chi connectivity index (χ1n) is 7.75. The van der Waals surface area contributed by atoms with Gasteiger partial charge in [0.2, 0.25) is 0 Å². The van der Waals surface area contributed by atoms with E-state index in [2.05, 4.69) is 10.1 Å². The van der Waals surface area contributed by atoms with Crippen molar-refractivity contribution in [3.05, 3.63) is 48.3 Å². The number of hydrogen-bond donors (Lipinski definition) is 1. The first-order valence-corrected chi connectivity index (χ1v) is 7.75. The van der Waals surface area contributed by atoms with Crippen molar-refractivity contribution < 1.29 is 18.3 Å². The van der Waals surface area contributed by atoms with Gasteiger partial charge in [0.15, 0.2) is 0 Å². The monoisotopic (exact) mass is 335 g/mol. The summed E-state index contributed by atoms with van der Waals surface area (Å²) in [5.74, 6) is 0.0216. The highest BCUT2D eigenvalue weighted by molar-refractivity contribution is 5.93. The summed E-state index contributed by atoms with van der Waals surface area (Å²) in [6, 6.07) is 10.3. The molecular weight excluding hydrogens is 316 g/mol. The first kappa shape index (κ1) is 16.3. The second kappa shape index (κ2) is 6.90. The van der Waals surface area contributed by atoms with E-state index in [0.717, 1.165) is 6.42 Å². The minimum atomic E-state index is -2.86. The van der Waals surface area contributed by atoms with E-state index in [1.165, 1.54) is 6.07 Å². The maximum atomic E-state index is 12.5. The van der Waals surface area contributed by atoms with E-state index in [9.17, 15) is 13.6 Å². The summed E-state index contributed by atoms with van der Waals surface area (Å²) >= 11 is 0. The normalized spacial score (nSPS) is 17.3.